The van der Waals surface area contributed by atoms with E-state index < -0.39 is 9.84 Å². The predicted molar refractivity (Wildman–Crippen MR) is 53.0 cm³/mol. The summed E-state index contributed by atoms with van der Waals surface area (Å²) >= 11 is 0. The van der Waals surface area contributed by atoms with Gasteiger partial charge in [0.2, 0.25) is 0 Å². The first-order valence-electron chi connectivity index (χ1n) is 4.52. The topological polar surface area (TPSA) is 86.2 Å². The summed E-state index contributed by atoms with van der Waals surface area (Å²) in [6, 6.07) is 0. The molecule has 1 aliphatic rings. The van der Waals surface area contributed by atoms with E-state index in [1.54, 1.807) is 0 Å². The fourth-order valence-corrected chi connectivity index (χ4v) is 3.18. The number of rotatable bonds is 3. The van der Waals surface area contributed by atoms with Gasteiger partial charge in [-0.3, -0.25) is 0 Å². The maximum absolute atomic E-state index is 11.3. The molecular weight excluding hydrogens is 188 g/mol. The SMILES string of the molecule is CS(=O)(=O)[C@@H]1CCC(CN)(CN)C1. The second-order valence-corrected chi connectivity index (χ2v) is 6.43. The summed E-state index contributed by atoms with van der Waals surface area (Å²) in [5, 5.41) is -0.223. The van der Waals surface area contributed by atoms with Crippen molar-refractivity contribution in [2.45, 2.75) is 24.5 Å². The summed E-state index contributed by atoms with van der Waals surface area (Å²) in [6.45, 7) is 0.991. The highest BCUT2D eigenvalue weighted by Gasteiger charge is 2.40. The van der Waals surface area contributed by atoms with E-state index in [-0.39, 0.29) is 10.7 Å². The minimum absolute atomic E-state index is 0.117. The van der Waals surface area contributed by atoms with Crippen LogP contribution in [-0.2, 0) is 9.84 Å². The largest absolute Gasteiger partial charge is 0.330 e. The van der Waals surface area contributed by atoms with Gasteiger partial charge in [0.15, 0.2) is 0 Å². The molecule has 13 heavy (non-hydrogen) atoms. The molecule has 78 valence electrons. The van der Waals surface area contributed by atoms with Gasteiger partial charge >= 0.3 is 0 Å². The number of hydrogen-bond donors (Lipinski definition) is 2. The van der Waals surface area contributed by atoms with Gasteiger partial charge in [-0.25, -0.2) is 8.42 Å². The van der Waals surface area contributed by atoms with Crippen LogP contribution in [0.15, 0.2) is 0 Å². The fourth-order valence-electron chi connectivity index (χ4n) is 1.97. The molecule has 1 rings (SSSR count). The average molecular weight is 206 g/mol. The molecule has 4 nitrogen and oxygen atoms in total. The van der Waals surface area contributed by atoms with Crippen molar-refractivity contribution in [3.05, 3.63) is 0 Å². The predicted octanol–water partition coefficient (Wildman–Crippen LogP) is -0.513. The van der Waals surface area contributed by atoms with E-state index in [4.69, 9.17) is 11.5 Å². The van der Waals surface area contributed by atoms with Crippen LogP contribution in [0.1, 0.15) is 19.3 Å². The van der Waals surface area contributed by atoms with Crippen LogP contribution in [-0.4, -0.2) is 33.0 Å². The van der Waals surface area contributed by atoms with Crippen LogP contribution in [0.3, 0.4) is 0 Å². The Kier molecular flexibility index (Phi) is 2.99. The van der Waals surface area contributed by atoms with Crippen molar-refractivity contribution in [2.75, 3.05) is 19.3 Å². The van der Waals surface area contributed by atoms with Gasteiger partial charge in [-0.05, 0) is 37.8 Å². The van der Waals surface area contributed by atoms with Gasteiger partial charge < -0.3 is 11.5 Å². The van der Waals surface area contributed by atoms with Crippen molar-refractivity contribution in [3.8, 4) is 0 Å². The first-order valence-corrected chi connectivity index (χ1v) is 6.48. The molecule has 0 bridgehead atoms. The molecule has 0 aromatic rings. The van der Waals surface area contributed by atoms with Crippen LogP contribution < -0.4 is 11.5 Å². The smallest absolute Gasteiger partial charge is 0.150 e. The zero-order chi connectivity index (χ0) is 10.1. The zero-order valence-corrected chi connectivity index (χ0v) is 8.81. The third-order valence-corrected chi connectivity index (χ3v) is 4.74. The summed E-state index contributed by atoms with van der Waals surface area (Å²) in [6.07, 6.45) is 3.49. The van der Waals surface area contributed by atoms with E-state index in [2.05, 4.69) is 0 Å². The highest BCUT2D eigenvalue weighted by atomic mass is 32.2. The molecule has 5 heteroatoms. The van der Waals surface area contributed by atoms with Crippen LogP contribution in [0.5, 0.6) is 0 Å². The molecule has 0 aromatic carbocycles. The van der Waals surface area contributed by atoms with Crippen molar-refractivity contribution in [2.24, 2.45) is 16.9 Å². The first-order chi connectivity index (χ1) is 5.93. The Morgan fingerprint density at radius 2 is 1.92 bits per heavy atom. The van der Waals surface area contributed by atoms with Crippen molar-refractivity contribution >= 4 is 9.84 Å². The van der Waals surface area contributed by atoms with Crippen molar-refractivity contribution in [1.82, 2.24) is 0 Å². The molecule has 0 saturated heterocycles. The number of nitrogens with two attached hydrogens (primary N) is 2. The van der Waals surface area contributed by atoms with Crippen LogP contribution in [0.4, 0.5) is 0 Å². The summed E-state index contributed by atoms with van der Waals surface area (Å²) in [5.41, 5.74) is 11.1. The lowest BCUT2D eigenvalue weighted by molar-refractivity contribution is 0.321. The lowest BCUT2D eigenvalue weighted by Gasteiger charge is -2.25. The zero-order valence-electron chi connectivity index (χ0n) is 7.99. The van der Waals surface area contributed by atoms with E-state index in [0.717, 1.165) is 6.42 Å². The minimum atomic E-state index is -2.90. The monoisotopic (exact) mass is 206 g/mol. The number of sulfone groups is 1. The molecule has 1 fully saturated rings. The Hall–Kier alpha value is -0.130. The third-order valence-electron chi connectivity index (χ3n) is 3.13. The highest BCUT2D eigenvalue weighted by Crippen LogP contribution is 2.39. The van der Waals surface area contributed by atoms with Gasteiger partial charge in [-0.2, -0.15) is 0 Å². The molecule has 0 unspecified atom stereocenters. The summed E-state index contributed by atoms with van der Waals surface area (Å²) in [4.78, 5) is 0. The lowest BCUT2D eigenvalue weighted by atomic mass is 9.87. The Labute approximate surface area is 79.6 Å². The van der Waals surface area contributed by atoms with Crippen molar-refractivity contribution in [1.29, 1.82) is 0 Å². The van der Waals surface area contributed by atoms with Gasteiger partial charge in [-0.1, -0.05) is 0 Å². The van der Waals surface area contributed by atoms with Gasteiger partial charge in [0.1, 0.15) is 9.84 Å². The summed E-state index contributed by atoms with van der Waals surface area (Å²) < 4.78 is 22.5. The van der Waals surface area contributed by atoms with E-state index in [1.165, 1.54) is 6.26 Å². The Morgan fingerprint density at radius 3 is 2.15 bits per heavy atom. The lowest BCUT2D eigenvalue weighted by Crippen LogP contribution is -2.36. The van der Waals surface area contributed by atoms with Crippen molar-refractivity contribution in [3.63, 3.8) is 0 Å². The van der Waals surface area contributed by atoms with E-state index in [9.17, 15) is 8.42 Å². The van der Waals surface area contributed by atoms with E-state index in [1.807, 2.05) is 0 Å². The summed E-state index contributed by atoms with van der Waals surface area (Å²) in [5.74, 6) is 0. The quantitative estimate of drug-likeness (QED) is 0.651. The molecule has 0 amide bonds. The molecule has 0 heterocycles. The Balaban J connectivity index is 2.73. The average Bonchev–Trinajstić information content (AvgIpc) is 2.48. The second-order valence-electron chi connectivity index (χ2n) is 4.10. The van der Waals surface area contributed by atoms with E-state index >= 15 is 0 Å². The molecule has 1 aliphatic carbocycles. The Morgan fingerprint density at radius 1 is 1.38 bits per heavy atom. The first kappa shape index (κ1) is 10.9. The molecule has 4 N–H and O–H groups in total. The molecule has 0 aliphatic heterocycles. The highest BCUT2D eigenvalue weighted by molar-refractivity contribution is 7.91. The maximum atomic E-state index is 11.3. The third kappa shape index (κ3) is 2.21. The number of hydrogen-bond acceptors (Lipinski definition) is 4. The second kappa shape index (κ2) is 3.55. The van der Waals surface area contributed by atoms with Crippen LogP contribution in [0.2, 0.25) is 0 Å². The molecule has 0 radical (unpaired) electrons. The molecule has 1 saturated carbocycles. The molecular formula is C8H18N2O2S. The molecule has 1 atom stereocenters. The van der Waals surface area contributed by atoms with Crippen LogP contribution in [0, 0.1) is 5.41 Å². The van der Waals surface area contributed by atoms with E-state index in [0.29, 0.717) is 25.9 Å². The van der Waals surface area contributed by atoms with Crippen LogP contribution in [0.25, 0.3) is 0 Å². The van der Waals surface area contributed by atoms with Gasteiger partial charge in [-0.15, -0.1) is 0 Å². The van der Waals surface area contributed by atoms with Gasteiger partial charge in [0.25, 0.3) is 0 Å². The summed E-state index contributed by atoms with van der Waals surface area (Å²) in [7, 11) is -2.90. The molecule has 0 aromatic heterocycles. The Bertz CT molecular complexity index is 270. The van der Waals surface area contributed by atoms with Gasteiger partial charge in [0.05, 0.1) is 5.25 Å². The normalized spacial score (nSPS) is 27.8. The standard InChI is InChI=1S/C8H18N2O2S/c1-13(11,12)7-2-3-8(4-7,5-9)6-10/h7H,2-6,9-10H2,1H3/t7-/m1/s1. The maximum Gasteiger partial charge on any atom is 0.150 e. The van der Waals surface area contributed by atoms with Crippen molar-refractivity contribution < 1.29 is 8.42 Å². The van der Waals surface area contributed by atoms with Crippen LogP contribution >= 0.6 is 0 Å². The van der Waals surface area contributed by atoms with Gasteiger partial charge in [0, 0.05) is 6.26 Å². The molecule has 0 spiro atoms. The minimum Gasteiger partial charge on any atom is -0.330 e. The fraction of sp³-hybridized carbons (Fsp3) is 1.00.